The number of hydrogen-bond donors (Lipinski definition) is 3. The van der Waals surface area contributed by atoms with E-state index in [4.69, 9.17) is 0 Å². The van der Waals surface area contributed by atoms with Crippen molar-refractivity contribution in [2.24, 2.45) is 0 Å². The molecule has 8 heteroatoms. The Bertz CT molecular complexity index is 845. The molecular formula is C17H20N6OS. The topological polar surface area (TPSA) is 91.8 Å². The zero-order valence-corrected chi connectivity index (χ0v) is 15.0. The van der Waals surface area contributed by atoms with Gasteiger partial charge in [-0.2, -0.15) is 0 Å². The fraction of sp³-hybridized carbons (Fsp3) is 0.294. The van der Waals surface area contributed by atoms with E-state index in [0.717, 1.165) is 28.4 Å². The number of carbonyl (C=O) groups excluding carboxylic acids is 1. The predicted molar refractivity (Wildman–Crippen MR) is 101 cm³/mol. The number of fused-ring (bicyclic) bond motifs is 1. The number of nitrogens with zero attached hydrogens (tertiary/aromatic N) is 3. The summed E-state index contributed by atoms with van der Waals surface area (Å²) in [5.74, 6) is 2.06. The van der Waals surface area contributed by atoms with Crippen molar-refractivity contribution in [2.45, 2.75) is 13.8 Å². The molecule has 25 heavy (non-hydrogen) atoms. The molecule has 0 aliphatic heterocycles. The highest BCUT2D eigenvalue weighted by atomic mass is 32.1. The lowest BCUT2D eigenvalue weighted by molar-refractivity contribution is 0.0955. The summed E-state index contributed by atoms with van der Waals surface area (Å²) in [5.41, 5.74) is 0.850. The van der Waals surface area contributed by atoms with E-state index < -0.39 is 0 Å². The minimum atomic E-state index is -0.157. The van der Waals surface area contributed by atoms with Gasteiger partial charge in [0.2, 0.25) is 0 Å². The molecule has 2 aromatic heterocycles. The average molecular weight is 356 g/mol. The van der Waals surface area contributed by atoms with E-state index in [0.29, 0.717) is 23.9 Å². The largest absolute Gasteiger partial charge is 0.370 e. The number of carbonyl (C=O) groups is 1. The number of para-hydroxylation sites is 1. The first-order valence-electron chi connectivity index (χ1n) is 8.13. The first-order valence-corrected chi connectivity index (χ1v) is 8.94. The van der Waals surface area contributed by atoms with Gasteiger partial charge in [0.1, 0.15) is 17.5 Å². The van der Waals surface area contributed by atoms with Crippen LogP contribution in [0.4, 0.5) is 11.6 Å². The Kier molecular flexibility index (Phi) is 5.39. The smallest absolute Gasteiger partial charge is 0.280 e. The second-order valence-electron chi connectivity index (χ2n) is 5.39. The van der Waals surface area contributed by atoms with Crippen LogP contribution in [0.15, 0.2) is 30.3 Å². The van der Waals surface area contributed by atoms with Crippen LogP contribution >= 0.6 is 11.3 Å². The molecule has 1 aromatic carbocycles. The lowest BCUT2D eigenvalue weighted by atomic mass is 10.3. The van der Waals surface area contributed by atoms with Gasteiger partial charge in [0.05, 0.1) is 10.2 Å². The van der Waals surface area contributed by atoms with Gasteiger partial charge >= 0.3 is 0 Å². The Morgan fingerprint density at radius 2 is 1.84 bits per heavy atom. The summed E-state index contributed by atoms with van der Waals surface area (Å²) in [6, 6.07) is 9.58. The van der Waals surface area contributed by atoms with E-state index in [1.54, 1.807) is 0 Å². The van der Waals surface area contributed by atoms with Gasteiger partial charge < -0.3 is 16.0 Å². The molecule has 130 valence electrons. The van der Waals surface area contributed by atoms with E-state index in [1.165, 1.54) is 11.3 Å². The highest BCUT2D eigenvalue weighted by Crippen LogP contribution is 2.21. The number of aromatic nitrogens is 3. The van der Waals surface area contributed by atoms with Gasteiger partial charge in [-0.15, -0.1) is 11.3 Å². The summed E-state index contributed by atoms with van der Waals surface area (Å²) in [4.78, 5) is 25.2. The molecule has 0 spiro atoms. The zero-order valence-electron chi connectivity index (χ0n) is 14.2. The van der Waals surface area contributed by atoms with Crippen LogP contribution in [0.2, 0.25) is 0 Å². The number of aryl methyl sites for hydroxylation is 1. The molecule has 0 aliphatic rings. The maximum absolute atomic E-state index is 12.2. The first-order chi connectivity index (χ1) is 12.2. The Morgan fingerprint density at radius 1 is 1.08 bits per heavy atom. The second-order valence-corrected chi connectivity index (χ2v) is 6.42. The molecule has 7 nitrogen and oxygen atoms in total. The third-order valence-corrected chi connectivity index (χ3v) is 4.44. The van der Waals surface area contributed by atoms with Crippen molar-refractivity contribution in [1.29, 1.82) is 0 Å². The Labute approximate surface area is 149 Å². The monoisotopic (exact) mass is 356 g/mol. The Balaban J connectivity index is 1.52. The van der Waals surface area contributed by atoms with Crippen molar-refractivity contribution >= 4 is 39.1 Å². The number of rotatable bonds is 7. The van der Waals surface area contributed by atoms with Crippen LogP contribution < -0.4 is 16.0 Å². The molecule has 0 aliphatic carbocycles. The van der Waals surface area contributed by atoms with Crippen molar-refractivity contribution < 1.29 is 4.79 Å². The summed E-state index contributed by atoms with van der Waals surface area (Å²) in [5, 5.41) is 9.71. The summed E-state index contributed by atoms with van der Waals surface area (Å²) < 4.78 is 1.01. The highest BCUT2D eigenvalue weighted by Gasteiger charge is 2.11. The molecule has 0 bridgehead atoms. The van der Waals surface area contributed by atoms with Gasteiger partial charge in [0, 0.05) is 25.7 Å². The molecule has 0 saturated heterocycles. The van der Waals surface area contributed by atoms with Crippen molar-refractivity contribution in [2.75, 3.05) is 30.3 Å². The van der Waals surface area contributed by atoms with E-state index >= 15 is 0 Å². The van der Waals surface area contributed by atoms with Crippen molar-refractivity contribution in [3.63, 3.8) is 0 Å². The SMILES string of the molecule is CCNc1cc(NCCNC(=O)c2nc3ccccc3s2)nc(C)n1. The zero-order chi connectivity index (χ0) is 17.6. The number of thiazole rings is 1. The standard InChI is InChI=1S/C17H20N6OS/c1-3-18-14-10-15(22-11(2)21-14)19-8-9-20-16(24)17-23-12-6-4-5-7-13(12)25-17/h4-7,10H,3,8-9H2,1-2H3,(H,20,24)(H2,18,19,21,22). The molecule has 1 amide bonds. The van der Waals surface area contributed by atoms with E-state index in [9.17, 15) is 4.79 Å². The number of anilines is 2. The van der Waals surface area contributed by atoms with Crippen molar-refractivity contribution in [3.8, 4) is 0 Å². The summed E-state index contributed by atoms with van der Waals surface area (Å²) >= 11 is 1.40. The quantitative estimate of drug-likeness (QED) is 0.564. The number of amides is 1. The summed E-state index contributed by atoms with van der Waals surface area (Å²) in [6.45, 7) is 5.71. The molecule has 2 heterocycles. The maximum Gasteiger partial charge on any atom is 0.280 e. The molecule has 3 N–H and O–H groups in total. The molecule has 0 radical (unpaired) electrons. The van der Waals surface area contributed by atoms with Gasteiger partial charge in [-0.1, -0.05) is 12.1 Å². The minimum absolute atomic E-state index is 0.157. The molecule has 0 unspecified atom stereocenters. The van der Waals surface area contributed by atoms with Crippen LogP contribution in [0.25, 0.3) is 10.2 Å². The third-order valence-electron chi connectivity index (χ3n) is 3.40. The van der Waals surface area contributed by atoms with Crippen LogP contribution in [-0.4, -0.2) is 40.5 Å². The summed E-state index contributed by atoms with van der Waals surface area (Å²) in [6.07, 6.45) is 0. The van der Waals surface area contributed by atoms with Gasteiger partial charge in [0.25, 0.3) is 5.91 Å². The normalized spacial score (nSPS) is 10.6. The molecule has 0 saturated carbocycles. The molecule has 0 fully saturated rings. The Morgan fingerprint density at radius 3 is 2.60 bits per heavy atom. The van der Waals surface area contributed by atoms with Gasteiger partial charge in [-0.25, -0.2) is 15.0 Å². The van der Waals surface area contributed by atoms with E-state index in [1.807, 2.05) is 44.2 Å². The van der Waals surface area contributed by atoms with Crippen LogP contribution in [0.5, 0.6) is 0 Å². The lowest BCUT2D eigenvalue weighted by Crippen LogP contribution is -2.28. The highest BCUT2D eigenvalue weighted by molar-refractivity contribution is 7.20. The van der Waals surface area contributed by atoms with E-state index in [2.05, 4.69) is 30.9 Å². The average Bonchev–Trinajstić information content (AvgIpc) is 3.02. The Hall–Kier alpha value is -2.74. The number of hydrogen-bond acceptors (Lipinski definition) is 7. The first kappa shape index (κ1) is 17.1. The molecule has 0 atom stereocenters. The van der Waals surface area contributed by atoms with Gasteiger partial charge in [0.15, 0.2) is 5.01 Å². The molecular weight excluding hydrogens is 336 g/mol. The fourth-order valence-electron chi connectivity index (χ4n) is 2.34. The fourth-order valence-corrected chi connectivity index (χ4v) is 3.22. The van der Waals surface area contributed by atoms with Crippen LogP contribution in [-0.2, 0) is 0 Å². The third kappa shape index (κ3) is 4.42. The number of nitrogens with one attached hydrogen (secondary N) is 3. The molecule has 3 aromatic rings. The summed E-state index contributed by atoms with van der Waals surface area (Å²) in [7, 11) is 0. The second kappa shape index (κ2) is 7.89. The van der Waals surface area contributed by atoms with Crippen molar-refractivity contribution in [3.05, 3.63) is 41.2 Å². The van der Waals surface area contributed by atoms with Crippen LogP contribution in [0.1, 0.15) is 22.6 Å². The van der Waals surface area contributed by atoms with Crippen LogP contribution in [0, 0.1) is 6.92 Å². The van der Waals surface area contributed by atoms with Gasteiger partial charge in [-0.3, -0.25) is 4.79 Å². The minimum Gasteiger partial charge on any atom is -0.370 e. The maximum atomic E-state index is 12.2. The number of benzene rings is 1. The predicted octanol–water partition coefficient (Wildman–Crippen LogP) is 2.67. The van der Waals surface area contributed by atoms with Crippen LogP contribution in [0.3, 0.4) is 0 Å². The van der Waals surface area contributed by atoms with Crippen molar-refractivity contribution in [1.82, 2.24) is 20.3 Å². The van der Waals surface area contributed by atoms with E-state index in [-0.39, 0.29) is 5.91 Å². The lowest BCUT2D eigenvalue weighted by Gasteiger charge is -2.09. The molecule has 3 rings (SSSR count). The van der Waals surface area contributed by atoms with Gasteiger partial charge in [-0.05, 0) is 26.0 Å².